The highest BCUT2D eigenvalue weighted by molar-refractivity contribution is 5.67. The Morgan fingerprint density at radius 1 is 0.848 bits per heavy atom. The van der Waals surface area contributed by atoms with Gasteiger partial charge in [0.2, 0.25) is 0 Å². The highest BCUT2D eigenvalue weighted by Gasteiger charge is 2.25. The van der Waals surface area contributed by atoms with Gasteiger partial charge in [0, 0.05) is 0 Å². The van der Waals surface area contributed by atoms with Crippen molar-refractivity contribution >= 4 is 0 Å². The van der Waals surface area contributed by atoms with Gasteiger partial charge in [0.1, 0.15) is 17.4 Å². The van der Waals surface area contributed by atoms with Crippen molar-refractivity contribution in [2.75, 3.05) is 6.61 Å². The first-order chi connectivity index (χ1) is 16.1. The first-order valence-corrected chi connectivity index (χ1v) is 13.4. The van der Waals surface area contributed by atoms with Crippen LogP contribution in [0.15, 0.2) is 30.3 Å². The average Bonchev–Trinajstić information content (AvgIpc) is 2.82. The molecule has 33 heavy (non-hydrogen) atoms. The topological polar surface area (TPSA) is 9.23 Å². The summed E-state index contributed by atoms with van der Waals surface area (Å²) in [6.07, 6.45) is 16.1. The number of hydrogen-bond acceptors (Lipinski definition) is 1. The van der Waals surface area contributed by atoms with Gasteiger partial charge >= 0.3 is 0 Å². The Morgan fingerprint density at radius 2 is 1.52 bits per heavy atom. The van der Waals surface area contributed by atoms with Gasteiger partial charge in [-0.3, -0.25) is 0 Å². The fourth-order valence-electron chi connectivity index (χ4n) is 5.08. The maximum absolute atomic E-state index is 15.4. The third-order valence-corrected chi connectivity index (χ3v) is 7.10. The molecular weight excluding hydrogens is 414 g/mol. The minimum atomic E-state index is -0.445. The van der Waals surface area contributed by atoms with Crippen LogP contribution in [0.25, 0.3) is 11.1 Å². The molecule has 3 rings (SSSR count). The molecule has 182 valence electrons. The lowest BCUT2D eigenvalue weighted by Crippen LogP contribution is -2.17. The van der Waals surface area contributed by atoms with Crippen LogP contribution >= 0.6 is 0 Å². The second-order valence-electron chi connectivity index (χ2n) is 9.78. The number of benzene rings is 2. The predicted octanol–water partition coefficient (Wildman–Crippen LogP) is 9.45. The number of unbranched alkanes of at least 4 members (excludes halogenated alkanes) is 8. The summed E-state index contributed by atoms with van der Waals surface area (Å²) in [5.41, 5.74) is 2.29. The Bertz CT molecular complexity index is 843. The van der Waals surface area contributed by atoms with E-state index in [1.54, 1.807) is 18.2 Å². The summed E-state index contributed by atoms with van der Waals surface area (Å²) in [5.74, 6) is 0.504. The van der Waals surface area contributed by atoms with Crippen LogP contribution in [0.2, 0.25) is 0 Å². The predicted molar refractivity (Wildman–Crippen MR) is 135 cm³/mol. The lowest BCUT2D eigenvalue weighted by atomic mass is 9.80. The third kappa shape index (κ3) is 7.55. The van der Waals surface area contributed by atoms with Crippen molar-refractivity contribution in [3.05, 3.63) is 53.1 Å². The van der Waals surface area contributed by atoms with E-state index in [0.717, 1.165) is 36.1 Å². The van der Waals surface area contributed by atoms with Gasteiger partial charge in [0.25, 0.3) is 0 Å². The van der Waals surface area contributed by atoms with Gasteiger partial charge in [-0.05, 0) is 66.5 Å². The van der Waals surface area contributed by atoms with Crippen LogP contribution in [0, 0.1) is 17.6 Å². The molecule has 0 N–H and O–H groups in total. The number of rotatable bonds is 14. The van der Waals surface area contributed by atoms with E-state index >= 15 is 8.78 Å². The van der Waals surface area contributed by atoms with Crippen molar-refractivity contribution < 1.29 is 13.5 Å². The molecule has 2 aromatic carbocycles. The van der Waals surface area contributed by atoms with Crippen molar-refractivity contribution in [2.45, 2.75) is 104 Å². The van der Waals surface area contributed by atoms with Crippen LogP contribution < -0.4 is 4.74 Å². The van der Waals surface area contributed by atoms with Crippen LogP contribution in [0.1, 0.15) is 102 Å². The van der Waals surface area contributed by atoms with E-state index in [0.29, 0.717) is 24.5 Å². The number of fused-ring (bicyclic) bond motifs is 1. The van der Waals surface area contributed by atoms with Crippen molar-refractivity contribution in [3.8, 4) is 16.9 Å². The average molecular weight is 457 g/mol. The molecule has 0 saturated carbocycles. The van der Waals surface area contributed by atoms with Gasteiger partial charge in [0.15, 0.2) is 0 Å². The summed E-state index contributed by atoms with van der Waals surface area (Å²) in [6.45, 7) is 5.11. The molecular formula is C30H42F2O. The van der Waals surface area contributed by atoms with Crippen LogP contribution in [-0.4, -0.2) is 6.61 Å². The van der Waals surface area contributed by atoms with Crippen LogP contribution in [0.4, 0.5) is 8.78 Å². The highest BCUT2D eigenvalue weighted by atomic mass is 19.1. The monoisotopic (exact) mass is 456 g/mol. The molecule has 0 saturated heterocycles. The van der Waals surface area contributed by atoms with Gasteiger partial charge in [0.05, 0.1) is 12.2 Å². The van der Waals surface area contributed by atoms with Crippen molar-refractivity contribution in [3.63, 3.8) is 0 Å². The summed E-state index contributed by atoms with van der Waals surface area (Å²) in [5, 5.41) is 0. The molecule has 3 heteroatoms. The molecule has 1 nitrogen and oxygen atoms in total. The molecule has 1 atom stereocenters. The van der Waals surface area contributed by atoms with Crippen molar-refractivity contribution in [1.82, 2.24) is 0 Å². The first-order valence-electron chi connectivity index (χ1n) is 13.4. The quantitative estimate of drug-likeness (QED) is 0.257. The molecule has 1 unspecified atom stereocenters. The zero-order valence-electron chi connectivity index (χ0n) is 20.7. The number of ether oxygens (including phenoxy) is 1. The Labute approximate surface area is 199 Å². The molecule has 0 spiro atoms. The van der Waals surface area contributed by atoms with E-state index in [4.69, 9.17) is 4.74 Å². The van der Waals surface area contributed by atoms with E-state index in [9.17, 15) is 0 Å². The van der Waals surface area contributed by atoms with Crippen LogP contribution in [-0.2, 0) is 12.8 Å². The van der Waals surface area contributed by atoms with Gasteiger partial charge in [-0.1, -0.05) is 90.2 Å². The summed E-state index contributed by atoms with van der Waals surface area (Å²) in [6, 6.07) is 8.80. The third-order valence-electron chi connectivity index (χ3n) is 7.10. The van der Waals surface area contributed by atoms with E-state index in [1.807, 2.05) is 12.1 Å². The number of hydrogen-bond donors (Lipinski definition) is 0. The first kappa shape index (κ1) is 25.7. The van der Waals surface area contributed by atoms with Gasteiger partial charge < -0.3 is 4.74 Å². The maximum Gasteiger partial charge on any atom is 0.137 e. The summed E-state index contributed by atoms with van der Waals surface area (Å²) in [7, 11) is 0. The van der Waals surface area contributed by atoms with Crippen LogP contribution in [0.3, 0.4) is 0 Å². The van der Waals surface area contributed by atoms with Crippen molar-refractivity contribution in [1.29, 1.82) is 0 Å². The minimum Gasteiger partial charge on any atom is -0.494 e. The summed E-state index contributed by atoms with van der Waals surface area (Å²) >= 11 is 0. The molecule has 0 amide bonds. The second-order valence-corrected chi connectivity index (χ2v) is 9.78. The lowest BCUT2D eigenvalue weighted by Gasteiger charge is -2.26. The number of halogens is 2. The maximum atomic E-state index is 15.4. The normalized spacial score (nSPS) is 15.5. The molecule has 0 aromatic heterocycles. The SMILES string of the molecule is CCCCCCCCC1CCc2c(cc(F)c(-c3ccc(OCCCCCC)cc3)c2F)C1. The van der Waals surface area contributed by atoms with E-state index in [-0.39, 0.29) is 11.4 Å². The highest BCUT2D eigenvalue weighted by Crippen LogP contribution is 2.37. The summed E-state index contributed by atoms with van der Waals surface area (Å²) in [4.78, 5) is 0. The molecule has 0 aliphatic heterocycles. The van der Waals surface area contributed by atoms with Gasteiger partial charge in [-0.2, -0.15) is 0 Å². The minimum absolute atomic E-state index is 0.109. The fourth-order valence-corrected chi connectivity index (χ4v) is 5.08. The molecule has 2 aromatic rings. The fraction of sp³-hybridized carbons (Fsp3) is 0.600. The zero-order chi connectivity index (χ0) is 23.5. The molecule has 1 aliphatic rings. The molecule has 0 fully saturated rings. The van der Waals surface area contributed by atoms with E-state index < -0.39 is 5.82 Å². The van der Waals surface area contributed by atoms with E-state index in [1.165, 1.54) is 64.2 Å². The Kier molecular flexibility index (Phi) is 10.7. The van der Waals surface area contributed by atoms with Crippen LogP contribution in [0.5, 0.6) is 5.75 Å². The Balaban J connectivity index is 1.58. The van der Waals surface area contributed by atoms with Gasteiger partial charge in [-0.25, -0.2) is 8.78 Å². The molecule has 0 radical (unpaired) electrons. The molecule has 0 bridgehead atoms. The van der Waals surface area contributed by atoms with Gasteiger partial charge in [-0.15, -0.1) is 0 Å². The standard InChI is InChI=1S/C30H42F2O/c1-3-5-7-9-10-11-13-23-14-19-27-25(21-23)22-28(31)29(30(27)32)24-15-17-26(18-16-24)33-20-12-8-6-4-2/h15-18,22-23H,3-14,19-21H2,1-2H3. The lowest BCUT2D eigenvalue weighted by molar-refractivity contribution is 0.305. The Morgan fingerprint density at radius 3 is 2.24 bits per heavy atom. The second kappa shape index (κ2) is 13.7. The summed E-state index contributed by atoms with van der Waals surface area (Å²) < 4.78 is 36.2. The van der Waals surface area contributed by atoms with E-state index in [2.05, 4.69) is 13.8 Å². The largest absolute Gasteiger partial charge is 0.494 e. The smallest absolute Gasteiger partial charge is 0.137 e. The van der Waals surface area contributed by atoms with Crippen molar-refractivity contribution in [2.24, 2.45) is 5.92 Å². The molecule has 1 aliphatic carbocycles. The zero-order valence-corrected chi connectivity index (χ0v) is 20.7. The Hall–Kier alpha value is -1.90. The molecule has 0 heterocycles.